The molecular formula is C15H25NO3S. The van der Waals surface area contributed by atoms with Gasteiger partial charge < -0.3 is 10.1 Å². The molecule has 5 heteroatoms. The number of ether oxygens (including phenoxy) is 1. The number of sulfone groups is 1. The molecule has 0 amide bonds. The van der Waals surface area contributed by atoms with Crippen LogP contribution in [0.5, 0.6) is 5.75 Å². The molecule has 0 radical (unpaired) electrons. The predicted molar refractivity (Wildman–Crippen MR) is 83.0 cm³/mol. The van der Waals surface area contributed by atoms with Gasteiger partial charge in [-0.05, 0) is 37.6 Å². The van der Waals surface area contributed by atoms with Crippen molar-refractivity contribution in [2.45, 2.75) is 38.5 Å². The first-order chi connectivity index (χ1) is 9.46. The Balaban J connectivity index is 3.03. The number of methoxy groups -OCH3 is 1. The molecule has 0 aliphatic heterocycles. The van der Waals surface area contributed by atoms with Gasteiger partial charge in [-0.3, -0.25) is 0 Å². The number of benzene rings is 1. The third-order valence-electron chi connectivity index (χ3n) is 3.42. The van der Waals surface area contributed by atoms with Crippen LogP contribution in [0.3, 0.4) is 0 Å². The highest BCUT2D eigenvalue weighted by molar-refractivity contribution is 7.92. The molecule has 20 heavy (non-hydrogen) atoms. The van der Waals surface area contributed by atoms with Crippen LogP contribution >= 0.6 is 0 Å². The number of nitrogens with one attached hydrogen (secondary N) is 1. The highest BCUT2D eigenvalue weighted by Crippen LogP contribution is 2.25. The van der Waals surface area contributed by atoms with Crippen molar-refractivity contribution in [1.29, 1.82) is 0 Å². The number of rotatable bonds is 8. The van der Waals surface area contributed by atoms with E-state index in [0.29, 0.717) is 6.42 Å². The lowest BCUT2D eigenvalue weighted by Crippen LogP contribution is -2.36. The van der Waals surface area contributed by atoms with Crippen molar-refractivity contribution >= 4 is 9.84 Å². The molecule has 0 heterocycles. The summed E-state index contributed by atoms with van der Waals surface area (Å²) in [4.78, 5) is 0. The maximum atomic E-state index is 12.3. The summed E-state index contributed by atoms with van der Waals surface area (Å²) in [5.74, 6) is 1.000. The van der Waals surface area contributed by atoms with E-state index in [2.05, 4.69) is 5.32 Å². The maximum absolute atomic E-state index is 12.3. The van der Waals surface area contributed by atoms with Crippen LogP contribution in [-0.4, -0.2) is 33.1 Å². The van der Waals surface area contributed by atoms with Crippen molar-refractivity contribution in [3.8, 4) is 5.75 Å². The minimum atomic E-state index is -3.09. The van der Waals surface area contributed by atoms with Crippen LogP contribution in [0, 0.1) is 0 Å². The lowest BCUT2D eigenvalue weighted by atomic mass is 10.0. The highest BCUT2D eigenvalue weighted by atomic mass is 32.2. The van der Waals surface area contributed by atoms with Crippen LogP contribution in [0.25, 0.3) is 0 Å². The van der Waals surface area contributed by atoms with Gasteiger partial charge in [0.25, 0.3) is 0 Å². The Hall–Kier alpha value is -1.07. The maximum Gasteiger partial charge on any atom is 0.154 e. The summed E-state index contributed by atoms with van der Waals surface area (Å²) in [5.41, 5.74) is 0.972. The fraction of sp³-hybridized carbons (Fsp3) is 0.600. The largest absolute Gasteiger partial charge is 0.497 e. The van der Waals surface area contributed by atoms with Crippen molar-refractivity contribution < 1.29 is 13.2 Å². The molecule has 0 aliphatic carbocycles. The van der Waals surface area contributed by atoms with Crippen LogP contribution in [0.4, 0.5) is 0 Å². The van der Waals surface area contributed by atoms with Gasteiger partial charge in [0.05, 0.1) is 18.1 Å². The molecule has 1 N–H and O–H groups in total. The summed E-state index contributed by atoms with van der Waals surface area (Å²) < 4.78 is 29.7. The van der Waals surface area contributed by atoms with E-state index in [1.807, 2.05) is 38.1 Å². The third-order valence-corrected chi connectivity index (χ3v) is 5.81. The zero-order valence-corrected chi connectivity index (χ0v) is 13.5. The zero-order chi connectivity index (χ0) is 15.2. The Morgan fingerprint density at radius 3 is 2.25 bits per heavy atom. The zero-order valence-electron chi connectivity index (χ0n) is 12.7. The Morgan fingerprint density at radius 2 is 1.80 bits per heavy atom. The van der Waals surface area contributed by atoms with Gasteiger partial charge in [-0.2, -0.15) is 0 Å². The van der Waals surface area contributed by atoms with E-state index >= 15 is 0 Å². The van der Waals surface area contributed by atoms with E-state index in [1.54, 1.807) is 14.0 Å². The van der Waals surface area contributed by atoms with Crippen molar-refractivity contribution in [2.75, 3.05) is 19.4 Å². The quantitative estimate of drug-likeness (QED) is 0.801. The lowest BCUT2D eigenvalue weighted by molar-refractivity contribution is 0.414. The van der Waals surface area contributed by atoms with Gasteiger partial charge >= 0.3 is 0 Å². The van der Waals surface area contributed by atoms with Crippen LogP contribution in [0.1, 0.15) is 38.8 Å². The molecule has 1 aromatic rings. The summed E-state index contributed by atoms with van der Waals surface area (Å²) in [6, 6.07) is 7.37. The molecule has 0 bridgehead atoms. The second-order valence-corrected chi connectivity index (χ2v) is 7.36. The highest BCUT2D eigenvalue weighted by Gasteiger charge is 2.29. The Bertz CT molecular complexity index is 496. The molecule has 2 unspecified atom stereocenters. The SMILES string of the molecule is CCCS(=O)(=O)C(C)C(NCC)c1ccc(OC)cc1. The molecule has 1 rings (SSSR count). The second-order valence-electron chi connectivity index (χ2n) is 4.88. The lowest BCUT2D eigenvalue weighted by Gasteiger charge is -2.25. The van der Waals surface area contributed by atoms with Crippen LogP contribution in [-0.2, 0) is 9.84 Å². The third kappa shape index (κ3) is 4.21. The first kappa shape index (κ1) is 17.0. The van der Waals surface area contributed by atoms with E-state index in [-0.39, 0.29) is 11.8 Å². The smallest absolute Gasteiger partial charge is 0.154 e. The molecule has 0 saturated carbocycles. The fourth-order valence-corrected chi connectivity index (χ4v) is 3.87. The molecule has 2 atom stereocenters. The monoisotopic (exact) mass is 299 g/mol. The summed E-state index contributed by atoms with van der Waals surface area (Å²) in [5, 5.41) is 2.83. The van der Waals surface area contributed by atoms with E-state index in [9.17, 15) is 8.42 Å². The molecule has 0 spiro atoms. The van der Waals surface area contributed by atoms with Crippen molar-refractivity contribution in [2.24, 2.45) is 0 Å². The standard InChI is InChI=1S/C15H25NO3S/c1-5-11-20(17,18)12(3)15(16-6-2)13-7-9-14(19-4)10-8-13/h7-10,12,15-16H,5-6,11H2,1-4H3. The topological polar surface area (TPSA) is 55.4 Å². The van der Waals surface area contributed by atoms with Crippen LogP contribution in [0.2, 0.25) is 0 Å². The minimum Gasteiger partial charge on any atom is -0.497 e. The van der Waals surface area contributed by atoms with Gasteiger partial charge in [-0.25, -0.2) is 8.42 Å². The molecule has 0 aromatic heterocycles. The molecule has 0 saturated heterocycles. The molecular weight excluding hydrogens is 274 g/mol. The van der Waals surface area contributed by atoms with E-state index < -0.39 is 15.1 Å². The van der Waals surface area contributed by atoms with Gasteiger partial charge in [-0.15, -0.1) is 0 Å². The Morgan fingerprint density at radius 1 is 1.20 bits per heavy atom. The fourth-order valence-electron chi connectivity index (χ4n) is 2.26. The first-order valence-electron chi connectivity index (χ1n) is 7.05. The summed E-state index contributed by atoms with van der Waals surface area (Å²) >= 11 is 0. The molecule has 114 valence electrons. The van der Waals surface area contributed by atoms with E-state index in [1.165, 1.54) is 0 Å². The van der Waals surface area contributed by atoms with Crippen molar-refractivity contribution in [3.05, 3.63) is 29.8 Å². The summed E-state index contributed by atoms with van der Waals surface area (Å²) in [6.45, 7) is 6.38. The number of hydrogen-bond acceptors (Lipinski definition) is 4. The average Bonchev–Trinajstić information content (AvgIpc) is 2.44. The van der Waals surface area contributed by atoms with Crippen molar-refractivity contribution in [1.82, 2.24) is 5.32 Å². The summed E-state index contributed by atoms with van der Waals surface area (Å²) in [6.07, 6.45) is 0.647. The Kier molecular flexibility index (Phi) is 6.49. The predicted octanol–water partition coefficient (Wildman–Crippen LogP) is 2.56. The molecule has 0 aliphatic rings. The van der Waals surface area contributed by atoms with Crippen LogP contribution < -0.4 is 10.1 Å². The van der Waals surface area contributed by atoms with Crippen LogP contribution in [0.15, 0.2) is 24.3 Å². The number of hydrogen-bond donors (Lipinski definition) is 1. The van der Waals surface area contributed by atoms with Gasteiger partial charge in [-0.1, -0.05) is 26.0 Å². The molecule has 4 nitrogen and oxygen atoms in total. The second kappa shape index (κ2) is 7.64. The summed E-state index contributed by atoms with van der Waals surface area (Å²) in [7, 11) is -1.47. The van der Waals surface area contributed by atoms with Gasteiger partial charge in [0, 0.05) is 6.04 Å². The van der Waals surface area contributed by atoms with Gasteiger partial charge in [0.1, 0.15) is 5.75 Å². The molecule has 0 fully saturated rings. The normalized spacial score (nSPS) is 14.8. The van der Waals surface area contributed by atoms with Crippen molar-refractivity contribution in [3.63, 3.8) is 0 Å². The Labute approximate surface area is 122 Å². The average molecular weight is 299 g/mol. The first-order valence-corrected chi connectivity index (χ1v) is 8.76. The molecule has 1 aromatic carbocycles. The van der Waals surface area contributed by atoms with E-state index in [0.717, 1.165) is 17.9 Å². The van der Waals surface area contributed by atoms with Gasteiger partial charge in [0.15, 0.2) is 9.84 Å². The van der Waals surface area contributed by atoms with Gasteiger partial charge in [0.2, 0.25) is 0 Å². The van der Waals surface area contributed by atoms with E-state index in [4.69, 9.17) is 4.74 Å². The minimum absolute atomic E-state index is 0.192.